The average molecular weight is 211 g/mol. The molecular formula is C12H21NO2. The van der Waals surface area contributed by atoms with Gasteiger partial charge in [-0.05, 0) is 26.3 Å². The second-order valence-electron chi connectivity index (χ2n) is 3.10. The van der Waals surface area contributed by atoms with Crippen LogP contribution in [0.1, 0.15) is 33.6 Å². The Morgan fingerprint density at radius 1 is 1.40 bits per heavy atom. The van der Waals surface area contributed by atoms with Crippen LogP contribution in [0.5, 0.6) is 0 Å². The Morgan fingerprint density at radius 3 is 2.67 bits per heavy atom. The summed E-state index contributed by atoms with van der Waals surface area (Å²) >= 11 is 0. The number of rotatable bonds is 7. The first kappa shape index (κ1) is 13.9. The van der Waals surface area contributed by atoms with E-state index in [4.69, 9.17) is 4.74 Å². The van der Waals surface area contributed by atoms with Gasteiger partial charge in [0.2, 0.25) is 5.91 Å². The summed E-state index contributed by atoms with van der Waals surface area (Å²) in [6.45, 7) is 6.40. The maximum Gasteiger partial charge on any atom is 0.222 e. The van der Waals surface area contributed by atoms with Crippen molar-refractivity contribution >= 4 is 5.91 Å². The summed E-state index contributed by atoms with van der Waals surface area (Å²) in [7, 11) is 0. The lowest BCUT2D eigenvalue weighted by atomic mass is 10.3. The lowest BCUT2D eigenvalue weighted by Gasteiger charge is -2.14. The van der Waals surface area contributed by atoms with E-state index in [2.05, 4.69) is 5.32 Å². The van der Waals surface area contributed by atoms with E-state index in [0.717, 1.165) is 6.42 Å². The third kappa shape index (κ3) is 7.94. The van der Waals surface area contributed by atoms with Crippen molar-refractivity contribution in [2.45, 2.75) is 39.8 Å². The molecule has 15 heavy (non-hydrogen) atoms. The fourth-order valence-corrected chi connectivity index (χ4v) is 1.06. The van der Waals surface area contributed by atoms with Crippen LogP contribution < -0.4 is 5.32 Å². The van der Waals surface area contributed by atoms with E-state index in [-0.39, 0.29) is 12.1 Å². The maximum absolute atomic E-state index is 11.3. The van der Waals surface area contributed by atoms with E-state index >= 15 is 0 Å². The molecule has 0 radical (unpaired) electrons. The quantitative estimate of drug-likeness (QED) is 0.518. The minimum atomic E-state index is -0.315. The molecule has 0 aromatic heterocycles. The van der Waals surface area contributed by atoms with Gasteiger partial charge in [0.1, 0.15) is 6.23 Å². The highest BCUT2D eigenvalue weighted by Crippen LogP contribution is 1.94. The number of hydrogen-bond donors (Lipinski definition) is 1. The van der Waals surface area contributed by atoms with Crippen LogP contribution in [0.3, 0.4) is 0 Å². The number of amides is 1. The summed E-state index contributed by atoms with van der Waals surface area (Å²) in [5.41, 5.74) is 0. The van der Waals surface area contributed by atoms with Crippen molar-refractivity contribution in [3.05, 3.63) is 24.3 Å². The minimum absolute atomic E-state index is 0.0288. The van der Waals surface area contributed by atoms with Crippen LogP contribution in [-0.2, 0) is 9.53 Å². The molecule has 86 valence electrons. The van der Waals surface area contributed by atoms with Gasteiger partial charge in [-0.25, -0.2) is 0 Å². The average Bonchev–Trinajstić information content (AvgIpc) is 2.18. The largest absolute Gasteiger partial charge is 0.355 e. The minimum Gasteiger partial charge on any atom is -0.355 e. The summed E-state index contributed by atoms with van der Waals surface area (Å²) in [4.78, 5) is 11.3. The van der Waals surface area contributed by atoms with Gasteiger partial charge in [-0.1, -0.05) is 25.2 Å². The number of carbonyl (C=O) groups excluding carboxylic acids is 1. The van der Waals surface area contributed by atoms with Crippen molar-refractivity contribution in [2.75, 3.05) is 6.61 Å². The highest BCUT2D eigenvalue weighted by Gasteiger charge is 2.06. The number of ether oxygens (including phenoxy) is 1. The smallest absolute Gasteiger partial charge is 0.222 e. The maximum atomic E-state index is 11.3. The second-order valence-corrected chi connectivity index (χ2v) is 3.10. The van der Waals surface area contributed by atoms with E-state index in [1.54, 1.807) is 0 Å². The summed E-state index contributed by atoms with van der Waals surface area (Å²) < 4.78 is 5.35. The molecule has 0 saturated heterocycles. The summed E-state index contributed by atoms with van der Waals surface area (Å²) in [6.07, 6.45) is 8.60. The van der Waals surface area contributed by atoms with Crippen LogP contribution >= 0.6 is 0 Å². The molecule has 1 N–H and O–H groups in total. The Balaban J connectivity index is 4.08. The predicted octanol–water partition coefficient (Wildman–Crippen LogP) is 2.40. The lowest BCUT2D eigenvalue weighted by molar-refractivity contribution is -0.124. The molecule has 0 rings (SSSR count). The SMILES string of the molecule is CC=CC=CC(NC(=O)CCC)OCC. The third-order valence-electron chi connectivity index (χ3n) is 1.72. The van der Waals surface area contributed by atoms with Gasteiger partial charge in [-0.3, -0.25) is 4.79 Å². The summed E-state index contributed by atoms with van der Waals surface area (Å²) in [5.74, 6) is 0.0288. The summed E-state index contributed by atoms with van der Waals surface area (Å²) in [6, 6.07) is 0. The molecule has 0 aliphatic rings. The van der Waals surface area contributed by atoms with Crippen LogP contribution in [0.15, 0.2) is 24.3 Å². The van der Waals surface area contributed by atoms with Gasteiger partial charge >= 0.3 is 0 Å². The van der Waals surface area contributed by atoms with Crippen LogP contribution in [0, 0.1) is 0 Å². The van der Waals surface area contributed by atoms with Crippen LogP contribution in [-0.4, -0.2) is 18.7 Å². The fraction of sp³-hybridized carbons (Fsp3) is 0.583. The lowest BCUT2D eigenvalue weighted by Crippen LogP contribution is -2.35. The van der Waals surface area contributed by atoms with Crippen LogP contribution in [0.2, 0.25) is 0 Å². The monoisotopic (exact) mass is 211 g/mol. The Kier molecular flexibility index (Phi) is 8.78. The van der Waals surface area contributed by atoms with Crippen LogP contribution in [0.4, 0.5) is 0 Å². The Labute approximate surface area is 92.2 Å². The predicted molar refractivity (Wildman–Crippen MR) is 62.4 cm³/mol. The molecule has 1 amide bonds. The van der Waals surface area contributed by atoms with Gasteiger partial charge < -0.3 is 10.1 Å². The van der Waals surface area contributed by atoms with E-state index in [1.165, 1.54) is 0 Å². The first-order chi connectivity index (χ1) is 7.24. The molecule has 0 spiro atoms. The molecule has 0 fully saturated rings. The number of hydrogen-bond acceptors (Lipinski definition) is 2. The van der Waals surface area contributed by atoms with Crippen molar-refractivity contribution in [2.24, 2.45) is 0 Å². The zero-order valence-electron chi connectivity index (χ0n) is 9.82. The van der Waals surface area contributed by atoms with Crippen molar-refractivity contribution in [3.63, 3.8) is 0 Å². The highest BCUT2D eigenvalue weighted by atomic mass is 16.5. The third-order valence-corrected chi connectivity index (χ3v) is 1.72. The van der Waals surface area contributed by atoms with Gasteiger partial charge in [0, 0.05) is 13.0 Å². The first-order valence-corrected chi connectivity index (χ1v) is 5.45. The van der Waals surface area contributed by atoms with E-state index in [0.29, 0.717) is 13.0 Å². The molecule has 0 saturated carbocycles. The molecule has 0 bridgehead atoms. The molecule has 0 aliphatic carbocycles. The number of nitrogens with one attached hydrogen (secondary N) is 1. The van der Waals surface area contributed by atoms with Gasteiger partial charge in [-0.2, -0.15) is 0 Å². The van der Waals surface area contributed by atoms with Crippen molar-refractivity contribution in [1.29, 1.82) is 0 Å². The zero-order chi connectivity index (χ0) is 11.5. The zero-order valence-corrected chi connectivity index (χ0v) is 9.82. The van der Waals surface area contributed by atoms with Gasteiger partial charge in [0.05, 0.1) is 0 Å². The molecule has 0 aliphatic heterocycles. The molecule has 3 nitrogen and oxygen atoms in total. The normalized spacial score (nSPS) is 13.5. The van der Waals surface area contributed by atoms with Crippen molar-refractivity contribution < 1.29 is 9.53 Å². The molecular weight excluding hydrogens is 190 g/mol. The summed E-state index contributed by atoms with van der Waals surface area (Å²) in [5, 5.41) is 2.80. The standard InChI is InChI=1S/C12H21NO2/c1-4-7-8-10-12(15-6-3)13-11(14)9-5-2/h4,7-8,10,12H,5-6,9H2,1-3H3,(H,13,14). The van der Waals surface area contributed by atoms with E-state index in [1.807, 2.05) is 45.1 Å². The van der Waals surface area contributed by atoms with Gasteiger partial charge in [-0.15, -0.1) is 0 Å². The van der Waals surface area contributed by atoms with Crippen molar-refractivity contribution in [3.8, 4) is 0 Å². The van der Waals surface area contributed by atoms with Gasteiger partial charge in [0.15, 0.2) is 0 Å². The molecule has 1 atom stereocenters. The Hall–Kier alpha value is -1.09. The van der Waals surface area contributed by atoms with E-state index in [9.17, 15) is 4.79 Å². The Morgan fingerprint density at radius 2 is 2.13 bits per heavy atom. The number of allylic oxidation sites excluding steroid dienone is 3. The van der Waals surface area contributed by atoms with Crippen molar-refractivity contribution in [1.82, 2.24) is 5.32 Å². The molecule has 0 aromatic carbocycles. The second kappa shape index (κ2) is 9.46. The molecule has 0 heterocycles. The molecule has 3 heteroatoms. The van der Waals surface area contributed by atoms with Gasteiger partial charge in [0.25, 0.3) is 0 Å². The molecule has 1 unspecified atom stereocenters. The Bertz CT molecular complexity index is 222. The molecule has 0 aromatic rings. The first-order valence-electron chi connectivity index (χ1n) is 5.45. The number of carbonyl (C=O) groups is 1. The topological polar surface area (TPSA) is 38.3 Å². The van der Waals surface area contributed by atoms with Crippen LogP contribution in [0.25, 0.3) is 0 Å². The fourth-order valence-electron chi connectivity index (χ4n) is 1.06. The highest BCUT2D eigenvalue weighted by molar-refractivity contribution is 5.76. The van der Waals surface area contributed by atoms with E-state index < -0.39 is 0 Å².